The van der Waals surface area contributed by atoms with Gasteiger partial charge in [-0.15, -0.1) is 0 Å². The summed E-state index contributed by atoms with van der Waals surface area (Å²) in [4.78, 5) is 2.69. The standard InChI is InChI=1S/C18H36N2/c1-15(2)17-11-7-8-12-18(17,14-19)20(3)13-16-9-5-4-6-10-16/h15-17H,4-14,19H2,1-3H3. The summed E-state index contributed by atoms with van der Waals surface area (Å²) >= 11 is 0. The summed E-state index contributed by atoms with van der Waals surface area (Å²) in [5.74, 6) is 2.47. The van der Waals surface area contributed by atoms with Gasteiger partial charge in [-0.05, 0) is 50.5 Å². The summed E-state index contributed by atoms with van der Waals surface area (Å²) in [7, 11) is 2.36. The van der Waals surface area contributed by atoms with Crippen molar-refractivity contribution >= 4 is 0 Å². The maximum Gasteiger partial charge on any atom is 0.0359 e. The first-order valence-corrected chi connectivity index (χ1v) is 9.01. The normalized spacial score (nSPS) is 33.0. The summed E-state index contributed by atoms with van der Waals surface area (Å²) in [6.07, 6.45) is 12.7. The van der Waals surface area contributed by atoms with Crippen LogP contribution in [0.25, 0.3) is 0 Å². The van der Waals surface area contributed by atoms with Gasteiger partial charge in [-0.1, -0.05) is 46.0 Å². The molecule has 2 N–H and O–H groups in total. The molecule has 0 radical (unpaired) electrons. The summed E-state index contributed by atoms with van der Waals surface area (Å²) < 4.78 is 0. The molecule has 2 fully saturated rings. The lowest BCUT2D eigenvalue weighted by molar-refractivity contribution is -0.00832. The van der Waals surface area contributed by atoms with Crippen molar-refractivity contribution in [3.63, 3.8) is 0 Å². The topological polar surface area (TPSA) is 29.3 Å². The highest BCUT2D eigenvalue weighted by Crippen LogP contribution is 2.42. The molecule has 2 nitrogen and oxygen atoms in total. The zero-order chi connectivity index (χ0) is 14.6. The molecule has 2 aliphatic carbocycles. The lowest BCUT2D eigenvalue weighted by Gasteiger charge is -2.52. The van der Waals surface area contributed by atoms with Gasteiger partial charge in [0.2, 0.25) is 0 Å². The van der Waals surface area contributed by atoms with E-state index in [9.17, 15) is 0 Å². The number of nitrogens with zero attached hydrogens (tertiary/aromatic N) is 1. The Morgan fingerprint density at radius 2 is 1.70 bits per heavy atom. The van der Waals surface area contributed by atoms with Gasteiger partial charge in [-0.25, -0.2) is 0 Å². The van der Waals surface area contributed by atoms with Gasteiger partial charge in [0, 0.05) is 18.6 Å². The molecule has 0 spiro atoms. The van der Waals surface area contributed by atoms with Crippen LogP contribution >= 0.6 is 0 Å². The second-order valence-corrected chi connectivity index (χ2v) is 7.79. The highest BCUT2D eigenvalue weighted by atomic mass is 15.2. The first-order valence-electron chi connectivity index (χ1n) is 9.01. The number of rotatable bonds is 5. The average molecular weight is 280 g/mol. The molecule has 118 valence electrons. The molecule has 2 unspecified atom stereocenters. The molecule has 2 heteroatoms. The van der Waals surface area contributed by atoms with Gasteiger partial charge in [0.25, 0.3) is 0 Å². The van der Waals surface area contributed by atoms with Gasteiger partial charge >= 0.3 is 0 Å². The zero-order valence-corrected chi connectivity index (χ0v) is 14.0. The Hall–Kier alpha value is -0.0800. The SMILES string of the molecule is CC(C)C1CCCCC1(CN)N(C)CC1CCCCC1. The largest absolute Gasteiger partial charge is 0.329 e. The molecule has 0 saturated heterocycles. The molecule has 2 rings (SSSR count). The van der Waals surface area contributed by atoms with Crippen LogP contribution in [-0.4, -0.2) is 30.6 Å². The summed E-state index contributed by atoms with van der Waals surface area (Å²) in [6.45, 7) is 6.92. The predicted molar refractivity (Wildman–Crippen MR) is 87.8 cm³/mol. The summed E-state index contributed by atoms with van der Waals surface area (Å²) in [5, 5.41) is 0. The fraction of sp³-hybridized carbons (Fsp3) is 1.00. The van der Waals surface area contributed by atoms with Gasteiger partial charge in [-0.2, -0.15) is 0 Å². The molecule has 0 aromatic rings. The molecule has 0 aromatic heterocycles. The van der Waals surface area contributed by atoms with E-state index in [1.807, 2.05) is 0 Å². The fourth-order valence-corrected chi connectivity index (χ4v) is 5.03. The summed E-state index contributed by atoms with van der Waals surface area (Å²) in [6, 6.07) is 0. The maximum atomic E-state index is 6.33. The van der Waals surface area contributed by atoms with Gasteiger partial charge in [0.15, 0.2) is 0 Å². The third kappa shape index (κ3) is 3.39. The van der Waals surface area contributed by atoms with Gasteiger partial charge in [0.05, 0.1) is 0 Å². The average Bonchev–Trinajstić information content (AvgIpc) is 2.47. The van der Waals surface area contributed by atoms with Gasteiger partial charge in [0.1, 0.15) is 0 Å². The zero-order valence-electron chi connectivity index (χ0n) is 14.0. The van der Waals surface area contributed by atoms with Crippen LogP contribution in [0.15, 0.2) is 0 Å². The van der Waals surface area contributed by atoms with Crippen molar-refractivity contribution < 1.29 is 0 Å². The Balaban J connectivity index is 2.06. The quantitative estimate of drug-likeness (QED) is 0.823. The molecule has 0 amide bonds. The Kier molecular flexibility index (Phi) is 5.92. The van der Waals surface area contributed by atoms with E-state index in [1.54, 1.807) is 0 Å². The van der Waals surface area contributed by atoms with E-state index >= 15 is 0 Å². The van der Waals surface area contributed by atoms with Crippen molar-refractivity contribution in [1.29, 1.82) is 0 Å². The molecule has 0 heterocycles. The molecular weight excluding hydrogens is 244 g/mol. The molecule has 0 bridgehead atoms. The highest BCUT2D eigenvalue weighted by Gasteiger charge is 2.44. The summed E-state index contributed by atoms with van der Waals surface area (Å²) in [5.41, 5.74) is 6.61. The molecule has 2 saturated carbocycles. The molecule has 0 aliphatic heterocycles. The number of likely N-dealkylation sites (N-methyl/N-ethyl adjacent to an activating group) is 1. The number of hydrogen-bond acceptors (Lipinski definition) is 2. The minimum absolute atomic E-state index is 0.282. The minimum atomic E-state index is 0.282. The third-order valence-electron chi connectivity index (χ3n) is 6.24. The van der Waals surface area contributed by atoms with Crippen molar-refractivity contribution in [2.45, 2.75) is 77.2 Å². The lowest BCUT2D eigenvalue weighted by atomic mass is 9.66. The predicted octanol–water partition coefficient (Wildman–Crippen LogP) is 4.04. The molecule has 2 aliphatic rings. The van der Waals surface area contributed by atoms with Crippen LogP contribution in [0, 0.1) is 17.8 Å². The first-order chi connectivity index (χ1) is 9.60. The van der Waals surface area contributed by atoms with Crippen LogP contribution < -0.4 is 5.73 Å². The second kappa shape index (κ2) is 7.26. The van der Waals surface area contributed by atoms with E-state index in [0.717, 1.165) is 24.3 Å². The monoisotopic (exact) mass is 280 g/mol. The molecule has 2 atom stereocenters. The first kappa shape index (κ1) is 16.3. The molecule has 20 heavy (non-hydrogen) atoms. The van der Waals surface area contributed by atoms with E-state index in [4.69, 9.17) is 5.73 Å². The number of nitrogens with two attached hydrogens (primary N) is 1. The number of hydrogen-bond donors (Lipinski definition) is 1. The van der Waals surface area contributed by atoms with Crippen LogP contribution in [-0.2, 0) is 0 Å². The Labute approximate surface area is 126 Å². The van der Waals surface area contributed by atoms with Crippen LogP contribution in [0.2, 0.25) is 0 Å². The van der Waals surface area contributed by atoms with Crippen LogP contribution in [0.1, 0.15) is 71.6 Å². The van der Waals surface area contributed by atoms with E-state index in [1.165, 1.54) is 64.3 Å². The van der Waals surface area contributed by atoms with E-state index in [-0.39, 0.29) is 5.54 Å². The van der Waals surface area contributed by atoms with E-state index < -0.39 is 0 Å². The lowest BCUT2D eigenvalue weighted by Crippen LogP contribution is -2.60. The second-order valence-electron chi connectivity index (χ2n) is 7.79. The van der Waals surface area contributed by atoms with E-state index in [0.29, 0.717) is 0 Å². The van der Waals surface area contributed by atoms with Crippen molar-refractivity contribution in [3.05, 3.63) is 0 Å². The fourth-order valence-electron chi connectivity index (χ4n) is 5.03. The van der Waals surface area contributed by atoms with Crippen LogP contribution in [0.4, 0.5) is 0 Å². The van der Waals surface area contributed by atoms with Crippen molar-refractivity contribution in [2.75, 3.05) is 20.1 Å². The van der Waals surface area contributed by atoms with Crippen molar-refractivity contribution in [3.8, 4) is 0 Å². The van der Waals surface area contributed by atoms with Gasteiger partial charge in [-0.3, -0.25) is 4.90 Å². The maximum absolute atomic E-state index is 6.33. The van der Waals surface area contributed by atoms with Crippen molar-refractivity contribution in [2.24, 2.45) is 23.5 Å². The van der Waals surface area contributed by atoms with Crippen molar-refractivity contribution in [1.82, 2.24) is 4.90 Å². The highest BCUT2D eigenvalue weighted by molar-refractivity contribution is 5.00. The van der Waals surface area contributed by atoms with Crippen LogP contribution in [0.3, 0.4) is 0 Å². The molecular formula is C18H36N2. The van der Waals surface area contributed by atoms with Gasteiger partial charge < -0.3 is 5.73 Å². The Bertz CT molecular complexity index is 283. The Morgan fingerprint density at radius 3 is 2.30 bits per heavy atom. The Morgan fingerprint density at radius 1 is 1.05 bits per heavy atom. The molecule has 0 aromatic carbocycles. The smallest absolute Gasteiger partial charge is 0.0359 e. The third-order valence-corrected chi connectivity index (χ3v) is 6.24. The van der Waals surface area contributed by atoms with E-state index in [2.05, 4.69) is 25.8 Å². The van der Waals surface area contributed by atoms with Crippen LogP contribution in [0.5, 0.6) is 0 Å². The minimum Gasteiger partial charge on any atom is -0.329 e.